The van der Waals surface area contributed by atoms with Crippen molar-refractivity contribution in [2.75, 3.05) is 0 Å². The molecule has 0 fully saturated rings. The number of aromatic nitrogens is 1. The van der Waals surface area contributed by atoms with Crippen LogP contribution < -0.4 is 5.73 Å². The van der Waals surface area contributed by atoms with Gasteiger partial charge in [-0.1, -0.05) is 17.2 Å². The second kappa shape index (κ2) is 5.89. The molecular weight excluding hydrogens is 212 g/mol. The van der Waals surface area contributed by atoms with E-state index in [0.29, 0.717) is 0 Å². The van der Waals surface area contributed by atoms with E-state index >= 15 is 0 Å². The normalized spacial score (nSPS) is 9.35. The smallest absolute Gasteiger partial charge is 0.214 e. The van der Waals surface area contributed by atoms with Crippen molar-refractivity contribution in [3.8, 4) is 11.3 Å². The Morgan fingerprint density at radius 2 is 1.71 bits per heavy atom. The zero-order valence-electron chi connectivity index (χ0n) is 10.4. The molecule has 2 aromatic rings. The van der Waals surface area contributed by atoms with Crippen molar-refractivity contribution >= 4 is 5.91 Å². The maximum atomic E-state index is 9.22. The fraction of sp³-hybridized carbons (Fsp3) is 0.214. The highest BCUT2D eigenvalue weighted by molar-refractivity contribution is 5.70. The predicted octanol–water partition coefficient (Wildman–Crippen LogP) is 2.79. The van der Waals surface area contributed by atoms with E-state index in [-0.39, 0.29) is 5.91 Å². The summed E-state index contributed by atoms with van der Waals surface area (Å²) < 4.78 is 0. The van der Waals surface area contributed by atoms with Crippen molar-refractivity contribution in [2.24, 2.45) is 5.73 Å². The Labute approximate surface area is 102 Å². The molecule has 0 saturated carbocycles. The van der Waals surface area contributed by atoms with E-state index in [1.165, 1.54) is 29.3 Å². The van der Waals surface area contributed by atoms with E-state index in [4.69, 9.17) is 0 Å². The molecule has 1 aromatic heterocycles. The van der Waals surface area contributed by atoms with Gasteiger partial charge in [-0.25, -0.2) is 0 Å². The minimum absolute atomic E-state index is 0.333. The lowest BCUT2D eigenvalue weighted by Gasteiger charge is -2.02. The van der Waals surface area contributed by atoms with Gasteiger partial charge in [0.25, 0.3) is 0 Å². The summed E-state index contributed by atoms with van der Waals surface area (Å²) in [7, 11) is 0. The Hall–Kier alpha value is -2.03. The van der Waals surface area contributed by atoms with Gasteiger partial charge in [0.1, 0.15) is 0 Å². The third kappa shape index (κ3) is 4.55. The number of hydrogen-bond acceptors (Lipinski definition) is 1. The van der Waals surface area contributed by atoms with Crippen molar-refractivity contribution < 1.29 is 4.79 Å². The molecule has 3 N–H and O–H groups in total. The van der Waals surface area contributed by atoms with Crippen molar-refractivity contribution in [3.05, 3.63) is 47.7 Å². The molecule has 3 nitrogen and oxygen atoms in total. The summed E-state index contributed by atoms with van der Waals surface area (Å²) in [6.45, 7) is 5.55. The largest absolute Gasteiger partial charge is 0.370 e. The van der Waals surface area contributed by atoms with E-state index in [2.05, 4.69) is 48.8 Å². The van der Waals surface area contributed by atoms with Crippen molar-refractivity contribution in [2.45, 2.75) is 20.8 Å². The number of nitrogens with two attached hydrogens (primary N) is 1. The van der Waals surface area contributed by atoms with Gasteiger partial charge in [0.05, 0.1) is 0 Å². The number of carbonyl (C=O) groups is 1. The van der Waals surface area contributed by atoms with Gasteiger partial charge in [0, 0.05) is 18.8 Å². The minimum atomic E-state index is -0.333. The highest BCUT2D eigenvalue weighted by atomic mass is 16.1. The van der Waals surface area contributed by atoms with Gasteiger partial charge >= 0.3 is 0 Å². The Morgan fingerprint density at radius 3 is 2.12 bits per heavy atom. The van der Waals surface area contributed by atoms with Crippen LogP contribution in [0, 0.1) is 13.8 Å². The standard InChI is InChI=1S/C12H13N.C2H5NO/c1-9-6-10(2)8-11(7-9)12-4-3-5-13-12;1-2(3)4/h3-8,13H,1-2H3;1H3,(H2,3,4). The van der Waals surface area contributed by atoms with E-state index in [0.717, 1.165) is 0 Å². The van der Waals surface area contributed by atoms with Crippen LogP contribution in [0.15, 0.2) is 36.5 Å². The van der Waals surface area contributed by atoms with E-state index in [9.17, 15) is 4.79 Å². The maximum Gasteiger partial charge on any atom is 0.214 e. The zero-order valence-corrected chi connectivity index (χ0v) is 10.4. The van der Waals surface area contributed by atoms with Gasteiger partial charge in [-0.05, 0) is 43.7 Å². The van der Waals surface area contributed by atoms with Crippen LogP contribution in [0.4, 0.5) is 0 Å². The van der Waals surface area contributed by atoms with E-state index in [1.54, 1.807) is 0 Å². The summed E-state index contributed by atoms with van der Waals surface area (Å²) in [6.07, 6.45) is 1.95. The van der Waals surface area contributed by atoms with Gasteiger partial charge in [-0.3, -0.25) is 4.79 Å². The molecule has 0 aliphatic rings. The first kappa shape index (κ1) is 13.0. The number of H-pyrrole nitrogens is 1. The van der Waals surface area contributed by atoms with Crippen LogP contribution in [0.3, 0.4) is 0 Å². The summed E-state index contributed by atoms with van der Waals surface area (Å²) in [5, 5.41) is 0. The number of hydrogen-bond donors (Lipinski definition) is 2. The van der Waals surface area contributed by atoms with Crippen molar-refractivity contribution in [1.29, 1.82) is 0 Å². The first-order valence-corrected chi connectivity index (χ1v) is 5.47. The third-order valence-electron chi connectivity index (χ3n) is 2.13. The van der Waals surface area contributed by atoms with Crippen LogP contribution in [0.5, 0.6) is 0 Å². The topological polar surface area (TPSA) is 58.9 Å². The SMILES string of the molecule is CC(N)=O.Cc1cc(C)cc(-c2ccc[nH]2)c1. The highest BCUT2D eigenvalue weighted by Crippen LogP contribution is 2.19. The predicted molar refractivity (Wildman–Crippen MR) is 70.6 cm³/mol. The number of rotatable bonds is 1. The molecule has 0 atom stereocenters. The molecule has 0 spiro atoms. The molecule has 17 heavy (non-hydrogen) atoms. The molecule has 1 aromatic carbocycles. The molecule has 0 bridgehead atoms. The average Bonchev–Trinajstić information content (AvgIpc) is 2.67. The first-order valence-electron chi connectivity index (χ1n) is 5.47. The zero-order chi connectivity index (χ0) is 12.8. The summed E-state index contributed by atoms with van der Waals surface area (Å²) >= 11 is 0. The molecule has 1 amide bonds. The number of aromatic amines is 1. The highest BCUT2D eigenvalue weighted by Gasteiger charge is 1.98. The summed E-state index contributed by atoms with van der Waals surface area (Å²) in [6, 6.07) is 10.7. The Bertz CT molecular complexity index is 463. The van der Waals surface area contributed by atoms with Crippen LogP contribution in [0.1, 0.15) is 18.1 Å². The molecule has 0 aliphatic carbocycles. The lowest BCUT2D eigenvalue weighted by atomic mass is 10.1. The van der Waals surface area contributed by atoms with Crippen molar-refractivity contribution in [1.82, 2.24) is 4.98 Å². The van der Waals surface area contributed by atoms with Gasteiger partial charge in [-0.2, -0.15) is 0 Å². The van der Waals surface area contributed by atoms with Crippen LogP contribution >= 0.6 is 0 Å². The van der Waals surface area contributed by atoms with Crippen LogP contribution in [-0.2, 0) is 4.79 Å². The van der Waals surface area contributed by atoms with Gasteiger partial charge in [0.2, 0.25) is 5.91 Å². The number of aryl methyl sites for hydroxylation is 2. The lowest BCUT2D eigenvalue weighted by molar-refractivity contribution is -0.115. The van der Waals surface area contributed by atoms with Gasteiger partial charge < -0.3 is 10.7 Å². The van der Waals surface area contributed by atoms with Crippen LogP contribution in [-0.4, -0.2) is 10.9 Å². The minimum Gasteiger partial charge on any atom is -0.370 e. The number of benzene rings is 1. The molecule has 90 valence electrons. The average molecular weight is 230 g/mol. The summed E-state index contributed by atoms with van der Waals surface area (Å²) in [4.78, 5) is 12.4. The molecule has 1 heterocycles. The first-order chi connectivity index (χ1) is 7.99. The number of nitrogens with one attached hydrogen (secondary N) is 1. The fourth-order valence-corrected chi connectivity index (χ4v) is 1.64. The monoisotopic (exact) mass is 230 g/mol. The van der Waals surface area contributed by atoms with Crippen molar-refractivity contribution in [3.63, 3.8) is 0 Å². The van der Waals surface area contributed by atoms with Crippen LogP contribution in [0.25, 0.3) is 11.3 Å². The fourth-order valence-electron chi connectivity index (χ4n) is 1.64. The Kier molecular flexibility index (Phi) is 4.52. The van der Waals surface area contributed by atoms with E-state index in [1.807, 2.05) is 12.3 Å². The summed E-state index contributed by atoms with van der Waals surface area (Å²) in [5.41, 5.74) is 9.54. The molecule has 0 aliphatic heterocycles. The van der Waals surface area contributed by atoms with Gasteiger partial charge in [-0.15, -0.1) is 0 Å². The lowest BCUT2D eigenvalue weighted by Crippen LogP contribution is -2.01. The molecule has 0 saturated heterocycles. The number of amides is 1. The molecule has 3 heteroatoms. The number of carbonyl (C=O) groups excluding carboxylic acids is 1. The maximum absolute atomic E-state index is 9.22. The second-order valence-electron chi connectivity index (χ2n) is 4.07. The number of primary amides is 1. The van der Waals surface area contributed by atoms with Gasteiger partial charge in [0.15, 0.2) is 0 Å². The Morgan fingerprint density at radius 1 is 1.18 bits per heavy atom. The molecule has 0 radical (unpaired) electrons. The second-order valence-corrected chi connectivity index (χ2v) is 4.07. The molecule has 0 unspecified atom stereocenters. The Balaban J connectivity index is 0.000000317. The quantitative estimate of drug-likeness (QED) is 0.777. The van der Waals surface area contributed by atoms with E-state index < -0.39 is 0 Å². The van der Waals surface area contributed by atoms with Crippen LogP contribution in [0.2, 0.25) is 0 Å². The summed E-state index contributed by atoms with van der Waals surface area (Å²) in [5.74, 6) is -0.333. The third-order valence-corrected chi connectivity index (χ3v) is 2.13. The molecule has 2 rings (SSSR count). The molecular formula is C14H18N2O.